The first-order chi connectivity index (χ1) is 7.34. The Morgan fingerprint density at radius 2 is 2.20 bits per heavy atom. The third-order valence-electron chi connectivity index (χ3n) is 2.12. The van der Waals surface area contributed by atoms with E-state index in [0.29, 0.717) is 0 Å². The first kappa shape index (κ1) is 8.82. The average molecular weight is 233 g/mol. The number of pyridine rings is 1. The molecule has 3 nitrogen and oxygen atoms in total. The molecule has 0 aromatic carbocycles. The van der Waals surface area contributed by atoms with Crippen LogP contribution in [0.3, 0.4) is 0 Å². The second kappa shape index (κ2) is 3.29. The SMILES string of the molecule is Nc1sccc1-c1nc2cnccc2s1. The lowest BCUT2D eigenvalue weighted by molar-refractivity contribution is 1.34. The van der Waals surface area contributed by atoms with Gasteiger partial charge in [-0.05, 0) is 17.5 Å². The Morgan fingerprint density at radius 1 is 1.27 bits per heavy atom. The highest BCUT2D eigenvalue weighted by Crippen LogP contribution is 2.35. The van der Waals surface area contributed by atoms with Crippen molar-refractivity contribution in [3.63, 3.8) is 0 Å². The summed E-state index contributed by atoms with van der Waals surface area (Å²) >= 11 is 3.18. The molecule has 0 spiro atoms. The Balaban J connectivity index is 2.24. The maximum absolute atomic E-state index is 5.86. The number of thiophene rings is 1. The molecule has 2 N–H and O–H groups in total. The van der Waals surface area contributed by atoms with Crippen molar-refractivity contribution in [3.05, 3.63) is 29.9 Å². The molecule has 3 aromatic heterocycles. The van der Waals surface area contributed by atoms with E-state index in [9.17, 15) is 0 Å². The first-order valence-electron chi connectivity index (χ1n) is 4.38. The standard InChI is InChI=1S/C10H7N3S2/c11-9-6(2-4-14-9)10-13-7-5-12-3-1-8(7)15-10/h1-5H,11H2. The zero-order chi connectivity index (χ0) is 10.3. The van der Waals surface area contributed by atoms with Crippen LogP contribution in [0.15, 0.2) is 29.9 Å². The first-order valence-corrected chi connectivity index (χ1v) is 6.08. The van der Waals surface area contributed by atoms with Gasteiger partial charge in [0, 0.05) is 11.8 Å². The van der Waals surface area contributed by atoms with Crippen molar-refractivity contribution in [2.24, 2.45) is 0 Å². The van der Waals surface area contributed by atoms with Crippen LogP contribution in [0.4, 0.5) is 5.00 Å². The molecule has 3 aromatic rings. The minimum Gasteiger partial charge on any atom is -0.390 e. The van der Waals surface area contributed by atoms with Gasteiger partial charge in [-0.2, -0.15) is 0 Å². The van der Waals surface area contributed by atoms with Gasteiger partial charge in [-0.25, -0.2) is 4.98 Å². The highest BCUT2D eigenvalue weighted by molar-refractivity contribution is 7.22. The van der Waals surface area contributed by atoms with Gasteiger partial charge in [0.2, 0.25) is 0 Å². The van der Waals surface area contributed by atoms with E-state index in [-0.39, 0.29) is 0 Å². The number of hydrogen-bond acceptors (Lipinski definition) is 5. The van der Waals surface area contributed by atoms with Crippen LogP contribution < -0.4 is 5.73 Å². The van der Waals surface area contributed by atoms with E-state index < -0.39 is 0 Å². The molecular formula is C10H7N3S2. The summed E-state index contributed by atoms with van der Waals surface area (Å²) < 4.78 is 1.14. The number of rotatable bonds is 1. The van der Waals surface area contributed by atoms with Crippen LogP contribution in [-0.4, -0.2) is 9.97 Å². The smallest absolute Gasteiger partial charge is 0.127 e. The van der Waals surface area contributed by atoms with E-state index in [1.165, 1.54) is 11.3 Å². The van der Waals surface area contributed by atoms with Crippen LogP contribution in [0.2, 0.25) is 0 Å². The number of thiazole rings is 1. The van der Waals surface area contributed by atoms with Gasteiger partial charge in [0.1, 0.15) is 10.5 Å². The molecular weight excluding hydrogens is 226 g/mol. The fourth-order valence-electron chi connectivity index (χ4n) is 1.39. The summed E-state index contributed by atoms with van der Waals surface area (Å²) in [5.74, 6) is 0. The van der Waals surface area contributed by atoms with Gasteiger partial charge in [0.05, 0.1) is 15.9 Å². The van der Waals surface area contributed by atoms with Crippen LogP contribution in [-0.2, 0) is 0 Å². The molecule has 0 radical (unpaired) electrons. The summed E-state index contributed by atoms with van der Waals surface area (Å²) in [6.45, 7) is 0. The molecule has 0 amide bonds. The van der Waals surface area contributed by atoms with Gasteiger partial charge in [-0.1, -0.05) is 0 Å². The summed E-state index contributed by atoms with van der Waals surface area (Å²) in [7, 11) is 0. The van der Waals surface area contributed by atoms with Crippen LogP contribution >= 0.6 is 22.7 Å². The molecule has 5 heteroatoms. The maximum Gasteiger partial charge on any atom is 0.127 e. The van der Waals surface area contributed by atoms with Crippen molar-refractivity contribution in [1.29, 1.82) is 0 Å². The zero-order valence-electron chi connectivity index (χ0n) is 7.68. The van der Waals surface area contributed by atoms with E-state index in [0.717, 1.165) is 25.8 Å². The number of fused-ring (bicyclic) bond motifs is 1. The molecule has 0 saturated heterocycles. The highest BCUT2D eigenvalue weighted by atomic mass is 32.1. The Kier molecular flexibility index (Phi) is 1.93. The number of nitrogens with zero attached hydrogens (tertiary/aromatic N) is 2. The summed E-state index contributed by atoms with van der Waals surface area (Å²) in [5, 5.41) is 3.77. The fraction of sp³-hybridized carbons (Fsp3) is 0. The van der Waals surface area contributed by atoms with Crippen molar-refractivity contribution in [1.82, 2.24) is 9.97 Å². The molecule has 3 heterocycles. The summed E-state index contributed by atoms with van der Waals surface area (Å²) in [5.41, 5.74) is 7.83. The third kappa shape index (κ3) is 1.40. The number of nitrogen functional groups attached to an aromatic ring is 1. The average Bonchev–Trinajstić information content (AvgIpc) is 2.82. The number of anilines is 1. The molecule has 0 atom stereocenters. The summed E-state index contributed by atoms with van der Waals surface area (Å²) in [6, 6.07) is 3.98. The van der Waals surface area contributed by atoms with Crippen LogP contribution in [0, 0.1) is 0 Å². The fourth-order valence-corrected chi connectivity index (χ4v) is 3.07. The van der Waals surface area contributed by atoms with Gasteiger partial charge in [0.15, 0.2) is 0 Å². The van der Waals surface area contributed by atoms with E-state index in [1.807, 2.05) is 17.5 Å². The van der Waals surface area contributed by atoms with E-state index in [1.54, 1.807) is 23.7 Å². The normalized spacial score (nSPS) is 10.9. The van der Waals surface area contributed by atoms with E-state index in [4.69, 9.17) is 5.73 Å². The Morgan fingerprint density at radius 3 is 2.93 bits per heavy atom. The molecule has 74 valence electrons. The topological polar surface area (TPSA) is 51.8 Å². The zero-order valence-corrected chi connectivity index (χ0v) is 9.31. The molecule has 0 bridgehead atoms. The second-order valence-electron chi connectivity index (χ2n) is 3.06. The highest BCUT2D eigenvalue weighted by Gasteiger charge is 2.09. The van der Waals surface area contributed by atoms with Crippen molar-refractivity contribution in [3.8, 4) is 10.6 Å². The molecule has 0 aliphatic rings. The van der Waals surface area contributed by atoms with Crippen molar-refractivity contribution in [2.75, 3.05) is 5.73 Å². The van der Waals surface area contributed by atoms with Gasteiger partial charge in [-0.3, -0.25) is 4.98 Å². The van der Waals surface area contributed by atoms with Crippen molar-refractivity contribution >= 4 is 37.9 Å². The maximum atomic E-state index is 5.86. The predicted octanol–water partition coefficient (Wildman–Crippen LogP) is 3.00. The minimum atomic E-state index is 0.821. The van der Waals surface area contributed by atoms with Crippen molar-refractivity contribution < 1.29 is 0 Å². The molecule has 0 saturated carbocycles. The third-order valence-corrected chi connectivity index (χ3v) is 3.93. The summed E-state index contributed by atoms with van der Waals surface area (Å²) in [4.78, 5) is 8.54. The van der Waals surface area contributed by atoms with Gasteiger partial charge < -0.3 is 5.73 Å². The Hall–Kier alpha value is -1.46. The molecule has 0 fully saturated rings. The second-order valence-corrected chi connectivity index (χ2v) is 5.04. The van der Waals surface area contributed by atoms with Crippen molar-refractivity contribution in [2.45, 2.75) is 0 Å². The van der Waals surface area contributed by atoms with Gasteiger partial charge >= 0.3 is 0 Å². The van der Waals surface area contributed by atoms with Crippen LogP contribution in [0.5, 0.6) is 0 Å². The quantitative estimate of drug-likeness (QED) is 0.703. The minimum absolute atomic E-state index is 0.821. The predicted molar refractivity (Wildman–Crippen MR) is 65.1 cm³/mol. The van der Waals surface area contributed by atoms with Gasteiger partial charge in [0.25, 0.3) is 0 Å². The van der Waals surface area contributed by atoms with Crippen LogP contribution in [0.1, 0.15) is 0 Å². The largest absolute Gasteiger partial charge is 0.390 e. The van der Waals surface area contributed by atoms with Gasteiger partial charge in [-0.15, -0.1) is 22.7 Å². The molecule has 15 heavy (non-hydrogen) atoms. The Labute approximate surface area is 94.2 Å². The Bertz CT molecular complexity index is 579. The number of nitrogens with two attached hydrogens (primary N) is 1. The molecule has 3 rings (SSSR count). The van der Waals surface area contributed by atoms with E-state index >= 15 is 0 Å². The number of aromatic nitrogens is 2. The monoisotopic (exact) mass is 233 g/mol. The summed E-state index contributed by atoms with van der Waals surface area (Å²) in [6.07, 6.45) is 3.55. The number of hydrogen-bond donors (Lipinski definition) is 1. The van der Waals surface area contributed by atoms with E-state index in [2.05, 4.69) is 9.97 Å². The molecule has 0 aliphatic carbocycles. The molecule has 0 unspecified atom stereocenters. The lowest BCUT2D eigenvalue weighted by atomic mass is 10.3. The molecule has 0 aliphatic heterocycles. The van der Waals surface area contributed by atoms with Crippen LogP contribution in [0.25, 0.3) is 20.8 Å². The lowest BCUT2D eigenvalue weighted by Gasteiger charge is -1.90. The lowest BCUT2D eigenvalue weighted by Crippen LogP contribution is -1.81.